The molecular formula is C16H19N3O2. The minimum atomic E-state index is 0.140. The minimum absolute atomic E-state index is 0.140. The molecule has 1 saturated heterocycles. The van der Waals surface area contributed by atoms with Gasteiger partial charge in [-0.1, -0.05) is 6.07 Å². The van der Waals surface area contributed by atoms with E-state index in [0.29, 0.717) is 5.69 Å². The van der Waals surface area contributed by atoms with Gasteiger partial charge in [-0.05, 0) is 49.6 Å². The highest BCUT2D eigenvalue weighted by molar-refractivity contribution is 5.71. The van der Waals surface area contributed by atoms with Crippen molar-refractivity contribution in [2.45, 2.75) is 26.3 Å². The Morgan fingerprint density at radius 3 is 2.57 bits per heavy atom. The van der Waals surface area contributed by atoms with Gasteiger partial charge in [0.15, 0.2) is 5.82 Å². The Labute approximate surface area is 123 Å². The maximum atomic E-state index is 10.1. The number of hydrogen-bond donors (Lipinski definition) is 2. The second-order valence-electron chi connectivity index (χ2n) is 5.57. The number of aliphatic hydroxyl groups is 1. The Hall–Kier alpha value is -2.14. The van der Waals surface area contributed by atoms with Crippen LogP contribution in [0.3, 0.4) is 0 Å². The zero-order chi connectivity index (χ0) is 15.0. The van der Waals surface area contributed by atoms with Gasteiger partial charge in [0.1, 0.15) is 5.75 Å². The Morgan fingerprint density at radius 2 is 2.05 bits per heavy atom. The maximum absolute atomic E-state index is 10.1. The van der Waals surface area contributed by atoms with E-state index in [9.17, 15) is 10.2 Å². The van der Waals surface area contributed by atoms with Gasteiger partial charge >= 0.3 is 0 Å². The first-order chi connectivity index (χ1) is 10.1. The van der Waals surface area contributed by atoms with Crippen LogP contribution in [0.4, 0.5) is 5.82 Å². The molecule has 0 spiro atoms. The van der Waals surface area contributed by atoms with E-state index in [0.717, 1.165) is 35.5 Å². The molecule has 21 heavy (non-hydrogen) atoms. The standard InChI is InChI=1S/C16H19N3O2/c1-10-7-11(2)16(14(21)8-10)13-3-4-15(18-17-13)19-6-5-12(19)9-20/h3-4,7-8,12,20-21H,5-6,9H2,1-2H3/t12-/m1/s1. The third-order valence-electron chi connectivity index (χ3n) is 4.01. The van der Waals surface area contributed by atoms with Crippen LogP contribution in [0.5, 0.6) is 5.75 Å². The Morgan fingerprint density at radius 1 is 1.24 bits per heavy atom. The summed E-state index contributed by atoms with van der Waals surface area (Å²) in [6.45, 7) is 4.94. The average molecular weight is 285 g/mol. The van der Waals surface area contributed by atoms with Gasteiger partial charge in [0.25, 0.3) is 0 Å². The summed E-state index contributed by atoms with van der Waals surface area (Å²) in [4.78, 5) is 2.04. The normalized spacial score (nSPS) is 17.7. The van der Waals surface area contributed by atoms with Crippen LogP contribution >= 0.6 is 0 Å². The zero-order valence-electron chi connectivity index (χ0n) is 12.2. The molecule has 2 heterocycles. The summed E-state index contributed by atoms with van der Waals surface area (Å²) in [6.07, 6.45) is 0.984. The van der Waals surface area contributed by atoms with Gasteiger partial charge in [0.2, 0.25) is 0 Å². The number of aromatic hydroxyl groups is 1. The lowest BCUT2D eigenvalue weighted by molar-refractivity contribution is 0.225. The van der Waals surface area contributed by atoms with Crippen molar-refractivity contribution in [2.75, 3.05) is 18.1 Å². The number of aliphatic hydroxyl groups excluding tert-OH is 1. The van der Waals surface area contributed by atoms with E-state index in [1.807, 2.05) is 36.9 Å². The summed E-state index contributed by atoms with van der Waals surface area (Å²) >= 11 is 0. The molecule has 1 aliphatic heterocycles. The molecule has 1 atom stereocenters. The summed E-state index contributed by atoms with van der Waals surface area (Å²) in [5.74, 6) is 1.00. The minimum Gasteiger partial charge on any atom is -0.507 e. The van der Waals surface area contributed by atoms with Crippen molar-refractivity contribution in [3.8, 4) is 17.0 Å². The van der Waals surface area contributed by atoms with Crippen LogP contribution in [0.1, 0.15) is 17.5 Å². The molecule has 0 bridgehead atoms. The molecule has 2 N–H and O–H groups in total. The summed E-state index contributed by atoms with van der Waals surface area (Å²) in [6, 6.07) is 7.66. The molecule has 1 aromatic heterocycles. The predicted octanol–water partition coefficient (Wildman–Crippen LogP) is 2.04. The molecule has 0 aliphatic carbocycles. The molecule has 0 saturated carbocycles. The van der Waals surface area contributed by atoms with Crippen molar-refractivity contribution in [1.29, 1.82) is 0 Å². The number of benzene rings is 1. The number of phenols is 1. The topological polar surface area (TPSA) is 69.5 Å². The van der Waals surface area contributed by atoms with Crippen LogP contribution in [0.15, 0.2) is 24.3 Å². The van der Waals surface area contributed by atoms with Crippen LogP contribution in [-0.2, 0) is 0 Å². The van der Waals surface area contributed by atoms with Crippen LogP contribution in [0.25, 0.3) is 11.3 Å². The van der Waals surface area contributed by atoms with Crippen molar-refractivity contribution in [1.82, 2.24) is 10.2 Å². The second-order valence-corrected chi connectivity index (χ2v) is 5.57. The molecular weight excluding hydrogens is 266 g/mol. The number of aromatic nitrogens is 2. The van der Waals surface area contributed by atoms with Gasteiger partial charge in [-0.2, -0.15) is 0 Å². The van der Waals surface area contributed by atoms with Crippen molar-refractivity contribution in [3.63, 3.8) is 0 Å². The molecule has 3 rings (SSSR count). The number of phenolic OH excluding ortho intramolecular Hbond substituents is 1. The molecule has 0 radical (unpaired) electrons. The van der Waals surface area contributed by atoms with Gasteiger partial charge in [0, 0.05) is 12.1 Å². The SMILES string of the molecule is Cc1cc(C)c(-c2ccc(N3CC[C@@H]3CO)nn2)c(O)c1. The van der Waals surface area contributed by atoms with Gasteiger partial charge < -0.3 is 15.1 Å². The molecule has 1 aliphatic rings. The predicted molar refractivity (Wildman–Crippen MR) is 81.4 cm³/mol. The molecule has 2 aromatic rings. The number of rotatable bonds is 3. The van der Waals surface area contributed by atoms with E-state index in [1.165, 1.54) is 0 Å². The highest BCUT2D eigenvalue weighted by Crippen LogP contribution is 2.33. The van der Waals surface area contributed by atoms with Gasteiger partial charge in [0.05, 0.1) is 18.3 Å². The summed E-state index contributed by atoms with van der Waals surface area (Å²) in [7, 11) is 0. The highest BCUT2D eigenvalue weighted by atomic mass is 16.3. The molecule has 5 nitrogen and oxygen atoms in total. The smallest absolute Gasteiger partial charge is 0.151 e. The quantitative estimate of drug-likeness (QED) is 0.903. The number of aryl methyl sites for hydroxylation is 2. The molecule has 110 valence electrons. The first kappa shape index (κ1) is 13.8. The lowest BCUT2D eigenvalue weighted by Crippen LogP contribution is -2.50. The van der Waals surface area contributed by atoms with E-state index in [4.69, 9.17) is 0 Å². The van der Waals surface area contributed by atoms with E-state index in [1.54, 1.807) is 6.07 Å². The molecule has 5 heteroatoms. The first-order valence-corrected chi connectivity index (χ1v) is 7.12. The highest BCUT2D eigenvalue weighted by Gasteiger charge is 2.28. The maximum Gasteiger partial charge on any atom is 0.151 e. The Bertz CT molecular complexity index is 630. The third kappa shape index (κ3) is 2.45. The van der Waals surface area contributed by atoms with Crippen LogP contribution in [0, 0.1) is 13.8 Å². The summed E-state index contributed by atoms with van der Waals surface area (Å²) in [5, 5.41) is 27.8. The lowest BCUT2D eigenvalue weighted by Gasteiger charge is -2.40. The van der Waals surface area contributed by atoms with Crippen LogP contribution in [0.2, 0.25) is 0 Å². The van der Waals surface area contributed by atoms with Crippen molar-refractivity contribution in [2.24, 2.45) is 0 Å². The fraction of sp³-hybridized carbons (Fsp3) is 0.375. The summed E-state index contributed by atoms with van der Waals surface area (Å²) < 4.78 is 0. The summed E-state index contributed by atoms with van der Waals surface area (Å²) in [5.41, 5.74) is 3.38. The van der Waals surface area contributed by atoms with E-state index < -0.39 is 0 Å². The fourth-order valence-corrected chi connectivity index (χ4v) is 2.82. The van der Waals surface area contributed by atoms with Crippen molar-refractivity contribution >= 4 is 5.82 Å². The van der Waals surface area contributed by atoms with Crippen LogP contribution < -0.4 is 4.90 Å². The molecule has 0 amide bonds. The zero-order valence-corrected chi connectivity index (χ0v) is 12.2. The average Bonchev–Trinajstić information content (AvgIpc) is 2.39. The lowest BCUT2D eigenvalue weighted by atomic mass is 10.0. The third-order valence-corrected chi connectivity index (χ3v) is 4.01. The number of anilines is 1. The van der Waals surface area contributed by atoms with Gasteiger partial charge in [-0.3, -0.25) is 0 Å². The monoisotopic (exact) mass is 285 g/mol. The van der Waals surface area contributed by atoms with Gasteiger partial charge in [-0.25, -0.2) is 0 Å². The Kier molecular flexibility index (Phi) is 3.51. The van der Waals surface area contributed by atoms with Gasteiger partial charge in [-0.15, -0.1) is 10.2 Å². The number of hydrogen-bond acceptors (Lipinski definition) is 5. The number of nitrogens with zero attached hydrogens (tertiary/aromatic N) is 3. The fourth-order valence-electron chi connectivity index (χ4n) is 2.82. The molecule has 1 fully saturated rings. The van der Waals surface area contributed by atoms with E-state index >= 15 is 0 Å². The molecule has 1 aromatic carbocycles. The van der Waals surface area contributed by atoms with Crippen molar-refractivity contribution in [3.05, 3.63) is 35.4 Å². The second kappa shape index (κ2) is 5.33. The van der Waals surface area contributed by atoms with E-state index in [-0.39, 0.29) is 18.4 Å². The van der Waals surface area contributed by atoms with Crippen molar-refractivity contribution < 1.29 is 10.2 Å². The van der Waals surface area contributed by atoms with Crippen LogP contribution in [-0.4, -0.2) is 39.6 Å². The Balaban J connectivity index is 1.91. The molecule has 0 unspecified atom stereocenters. The van der Waals surface area contributed by atoms with E-state index in [2.05, 4.69) is 10.2 Å². The largest absolute Gasteiger partial charge is 0.507 e. The first-order valence-electron chi connectivity index (χ1n) is 7.12.